The van der Waals surface area contributed by atoms with Crippen LogP contribution >= 0.6 is 0 Å². The topological polar surface area (TPSA) is 197 Å². The fourth-order valence-electron chi connectivity index (χ4n) is 3.58. The van der Waals surface area contributed by atoms with Gasteiger partial charge in [0, 0.05) is 12.8 Å². The summed E-state index contributed by atoms with van der Waals surface area (Å²) in [7, 11) is 0. The lowest BCUT2D eigenvalue weighted by Gasteiger charge is -2.21. The van der Waals surface area contributed by atoms with Gasteiger partial charge in [-0.1, -0.05) is 48.9 Å². The molecule has 11 heteroatoms. The van der Waals surface area contributed by atoms with Crippen molar-refractivity contribution in [3.63, 3.8) is 0 Å². The third kappa shape index (κ3) is 10.7. The molecule has 0 aliphatic heterocycles. The highest BCUT2D eigenvalue weighted by molar-refractivity contribution is 5.92. The van der Waals surface area contributed by atoms with Gasteiger partial charge in [0.05, 0.1) is 12.6 Å². The van der Waals surface area contributed by atoms with Gasteiger partial charge in [-0.25, -0.2) is 4.79 Å². The summed E-state index contributed by atoms with van der Waals surface area (Å²) in [5, 5.41) is 26.4. The van der Waals surface area contributed by atoms with E-state index in [2.05, 4.69) is 16.0 Å². The zero-order chi connectivity index (χ0) is 27.2. The average Bonchev–Trinajstić information content (AvgIpc) is 2.88. The SMILES string of the molecule is NCCCCC(N)C(=O)NC(Cc1ccccc1)C(=O)NCC(=O)NC(Cc1ccc(O)cc1)C(=O)O. The Hall–Kier alpha value is -3.96. The molecule has 3 atom stereocenters. The number of hydrogen-bond donors (Lipinski definition) is 7. The Balaban J connectivity index is 1.98. The van der Waals surface area contributed by atoms with E-state index >= 15 is 0 Å². The molecule has 11 nitrogen and oxygen atoms in total. The van der Waals surface area contributed by atoms with E-state index in [-0.39, 0.29) is 18.6 Å². The molecule has 2 rings (SSSR count). The highest BCUT2D eigenvalue weighted by Crippen LogP contribution is 2.11. The minimum absolute atomic E-state index is 0.00989. The normalized spacial score (nSPS) is 13.1. The summed E-state index contributed by atoms with van der Waals surface area (Å²) in [6.45, 7) is 0.00895. The number of aromatic hydroxyl groups is 1. The quantitative estimate of drug-likeness (QED) is 0.159. The molecule has 0 fully saturated rings. The van der Waals surface area contributed by atoms with Gasteiger partial charge in [-0.15, -0.1) is 0 Å². The first kappa shape index (κ1) is 29.3. The van der Waals surface area contributed by atoms with Crippen LogP contribution in [0.1, 0.15) is 30.4 Å². The lowest BCUT2D eigenvalue weighted by molar-refractivity contribution is -0.141. The number of aliphatic carboxylic acids is 1. The first-order chi connectivity index (χ1) is 17.7. The zero-order valence-corrected chi connectivity index (χ0v) is 20.6. The van der Waals surface area contributed by atoms with Gasteiger partial charge in [-0.2, -0.15) is 0 Å². The number of nitrogens with two attached hydrogens (primary N) is 2. The molecule has 0 bridgehead atoms. The summed E-state index contributed by atoms with van der Waals surface area (Å²) in [6.07, 6.45) is 1.99. The van der Waals surface area contributed by atoms with Gasteiger partial charge in [-0.3, -0.25) is 14.4 Å². The summed E-state index contributed by atoms with van der Waals surface area (Å²) in [5.74, 6) is -3.01. The number of carboxylic acid groups (broad SMARTS) is 1. The van der Waals surface area contributed by atoms with Crippen molar-refractivity contribution in [2.75, 3.05) is 13.1 Å². The molecule has 0 saturated carbocycles. The maximum Gasteiger partial charge on any atom is 0.326 e. The van der Waals surface area contributed by atoms with Crippen LogP contribution in [-0.2, 0) is 32.0 Å². The summed E-state index contributed by atoms with van der Waals surface area (Å²) < 4.78 is 0. The minimum atomic E-state index is -1.24. The van der Waals surface area contributed by atoms with E-state index < -0.39 is 48.4 Å². The van der Waals surface area contributed by atoms with E-state index in [9.17, 15) is 29.4 Å². The standard InChI is InChI=1S/C26H35N5O6/c27-13-5-4-8-20(28)24(34)31-21(14-17-6-2-1-3-7-17)25(35)29-16-23(33)30-22(26(36)37)15-18-9-11-19(32)12-10-18/h1-3,6-7,9-12,20-22,32H,4-5,8,13-16,27-28H2,(H,29,35)(H,30,33)(H,31,34)(H,36,37). The maximum absolute atomic E-state index is 12.9. The van der Waals surface area contributed by atoms with Crippen molar-refractivity contribution in [2.24, 2.45) is 11.5 Å². The Bertz CT molecular complexity index is 1030. The first-order valence-corrected chi connectivity index (χ1v) is 12.1. The van der Waals surface area contributed by atoms with Gasteiger partial charge in [0.25, 0.3) is 0 Å². The van der Waals surface area contributed by atoms with E-state index in [1.807, 2.05) is 6.07 Å². The van der Waals surface area contributed by atoms with Crippen LogP contribution in [0.4, 0.5) is 0 Å². The average molecular weight is 514 g/mol. The lowest BCUT2D eigenvalue weighted by Crippen LogP contribution is -2.54. The van der Waals surface area contributed by atoms with Crippen LogP contribution in [0.25, 0.3) is 0 Å². The van der Waals surface area contributed by atoms with Gasteiger partial charge < -0.3 is 37.6 Å². The molecule has 3 amide bonds. The lowest BCUT2D eigenvalue weighted by atomic mass is 10.0. The zero-order valence-electron chi connectivity index (χ0n) is 20.6. The number of hydrogen-bond acceptors (Lipinski definition) is 7. The highest BCUT2D eigenvalue weighted by Gasteiger charge is 2.25. The number of phenols is 1. The van der Waals surface area contributed by atoms with Gasteiger partial charge in [0.1, 0.15) is 17.8 Å². The number of benzene rings is 2. The third-order valence-electron chi connectivity index (χ3n) is 5.65. The van der Waals surface area contributed by atoms with Crippen LogP contribution in [0, 0.1) is 0 Å². The fraction of sp³-hybridized carbons (Fsp3) is 0.385. The second kappa shape index (κ2) is 15.2. The predicted octanol–water partition coefficient (Wildman–Crippen LogP) is -0.196. The van der Waals surface area contributed by atoms with E-state index in [0.717, 1.165) is 12.0 Å². The summed E-state index contributed by atoms with van der Waals surface area (Å²) in [5.41, 5.74) is 12.8. The van der Waals surface area contributed by atoms with Crippen LogP contribution in [0.2, 0.25) is 0 Å². The molecule has 0 spiro atoms. The molecule has 0 aliphatic rings. The summed E-state index contributed by atoms with van der Waals surface area (Å²) in [4.78, 5) is 49.5. The molecular weight excluding hydrogens is 478 g/mol. The third-order valence-corrected chi connectivity index (χ3v) is 5.65. The van der Waals surface area contributed by atoms with Crippen molar-refractivity contribution in [3.8, 4) is 5.75 Å². The van der Waals surface area contributed by atoms with Crippen LogP contribution in [0.5, 0.6) is 5.75 Å². The number of unbranched alkanes of at least 4 members (excludes halogenated alkanes) is 1. The second-order valence-corrected chi connectivity index (χ2v) is 8.69. The van der Waals surface area contributed by atoms with Gasteiger partial charge in [0.2, 0.25) is 17.7 Å². The van der Waals surface area contributed by atoms with Crippen LogP contribution in [0.15, 0.2) is 54.6 Å². The largest absolute Gasteiger partial charge is 0.508 e. The molecule has 37 heavy (non-hydrogen) atoms. The first-order valence-electron chi connectivity index (χ1n) is 12.1. The summed E-state index contributed by atoms with van der Waals surface area (Å²) in [6, 6.07) is 12.0. The summed E-state index contributed by atoms with van der Waals surface area (Å²) >= 11 is 0. The van der Waals surface area contributed by atoms with Crippen molar-refractivity contribution in [2.45, 2.75) is 50.2 Å². The monoisotopic (exact) mass is 513 g/mol. The van der Waals surface area contributed by atoms with Crippen LogP contribution < -0.4 is 27.4 Å². The van der Waals surface area contributed by atoms with Crippen molar-refractivity contribution in [1.29, 1.82) is 0 Å². The number of carbonyl (C=O) groups excluding carboxylic acids is 3. The van der Waals surface area contributed by atoms with E-state index in [0.29, 0.717) is 24.9 Å². The fourth-order valence-corrected chi connectivity index (χ4v) is 3.58. The Morgan fingerprint density at radius 3 is 2.05 bits per heavy atom. The predicted molar refractivity (Wildman–Crippen MR) is 137 cm³/mol. The number of carboxylic acids is 1. The van der Waals surface area contributed by atoms with Crippen molar-refractivity contribution < 1.29 is 29.4 Å². The van der Waals surface area contributed by atoms with Gasteiger partial charge in [0.15, 0.2) is 0 Å². The molecule has 0 saturated heterocycles. The smallest absolute Gasteiger partial charge is 0.326 e. The molecule has 200 valence electrons. The van der Waals surface area contributed by atoms with Crippen molar-refractivity contribution in [3.05, 3.63) is 65.7 Å². The highest BCUT2D eigenvalue weighted by atomic mass is 16.4. The molecule has 2 aromatic carbocycles. The van der Waals surface area contributed by atoms with Crippen LogP contribution in [-0.4, -0.2) is 65.1 Å². The molecule has 0 radical (unpaired) electrons. The Kier molecular flexibility index (Phi) is 12.0. The Morgan fingerprint density at radius 2 is 1.43 bits per heavy atom. The Morgan fingerprint density at radius 1 is 0.811 bits per heavy atom. The number of nitrogens with one attached hydrogen (secondary N) is 3. The molecule has 0 heterocycles. The van der Waals surface area contributed by atoms with E-state index in [4.69, 9.17) is 11.5 Å². The Labute approximate surface area is 215 Å². The number of amides is 3. The molecular formula is C26H35N5O6. The molecule has 0 aliphatic carbocycles. The van der Waals surface area contributed by atoms with Crippen molar-refractivity contribution >= 4 is 23.7 Å². The molecule has 3 unspecified atom stereocenters. The molecule has 2 aromatic rings. The molecule has 9 N–H and O–H groups in total. The minimum Gasteiger partial charge on any atom is -0.508 e. The maximum atomic E-state index is 12.9. The number of carbonyl (C=O) groups is 4. The van der Waals surface area contributed by atoms with E-state index in [1.165, 1.54) is 12.1 Å². The van der Waals surface area contributed by atoms with E-state index in [1.54, 1.807) is 36.4 Å². The molecule has 0 aromatic heterocycles. The number of phenolic OH excluding ortho intramolecular Hbond substituents is 1. The van der Waals surface area contributed by atoms with Gasteiger partial charge >= 0.3 is 5.97 Å². The van der Waals surface area contributed by atoms with Gasteiger partial charge in [-0.05, 0) is 42.6 Å². The number of rotatable bonds is 15. The second-order valence-electron chi connectivity index (χ2n) is 8.69. The van der Waals surface area contributed by atoms with Crippen LogP contribution in [0.3, 0.4) is 0 Å². The van der Waals surface area contributed by atoms with Crippen molar-refractivity contribution in [1.82, 2.24) is 16.0 Å².